The highest BCUT2D eigenvalue weighted by atomic mass is 32.2. The van der Waals surface area contributed by atoms with Crippen molar-refractivity contribution >= 4 is 11.0 Å². The van der Waals surface area contributed by atoms with Crippen molar-refractivity contribution in [2.24, 2.45) is 5.14 Å². The van der Waals surface area contributed by atoms with Gasteiger partial charge in [0.05, 0.1) is 15.7 Å². The van der Waals surface area contributed by atoms with E-state index < -0.39 is 15.7 Å². The average molecular weight is 347 g/mol. The molecule has 2 atom stereocenters. The lowest BCUT2D eigenvalue weighted by Gasteiger charge is -2.28. The van der Waals surface area contributed by atoms with Crippen molar-refractivity contribution in [1.82, 2.24) is 0 Å². The summed E-state index contributed by atoms with van der Waals surface area (Å²) in [6, 6.07) is 15.4. The summed E-state index contributed by atoms with van der Waals surface area (Å²) in [6.45, 7) is 7.73. The van der Waals surface area contributed by atoms with Crippen molar-refractivity contribution in [3.8, 4) is 0 Å². The van der Waals surface area contributed by atoms with E-state index in [9.17, 15) is 8.60 Å². The molecule has 2 N–H and O–H groups in total. The summed E-state index contributed by atoms with van der Waals surface area (Å²) in [5.41, 5.74) is 2.68. The Labute approximate surface area is 146 Å². The lowest BCUT2D eigenvalue weighted by molar-refractivity contribution is 0.550. The van der Waals surface area contributed by atoms with Crippen LogP contribution in [0.15, 0.2) is 48.5 Å². The van der Waals surface area contributed by atoms with E-state index in [4.69, 9.17) is 5.14 Å². The molecule has 0 aliphatic rings. The molecule has 0 amide bonds. The van der Waals surface area contributed by atoms with E-state index in [-0.39, 0.29) is 17.7 Å². The molecule has 0 saturated carbocycles. The van der Waals surface area contributed by atoms with Crippen LogP contribution in [0.1, 0.15) is 62.6 Å². The van der Waals surface area contributed by atoms with Gasteiger partial charge in [-0.05, 0) is 48.9 Å². The highest BCUT2D eigenvalue weighted by Crippen LogP contribution is 2.35. The fourth-order valence-corrected chi connectivity index (χ4v) is 3.25. The fourth-order valence-electron chi connectivity index (χ4n) is 2.92. The summed E-state index contributed by atoms with van der Waals surface area (Å²) >= 11 is 0. The maximum Gasteiger partial charge on any atom is 0.126 e. The van der Waals surface area contributed by atoms with E-state index in [2.05, 4.69) is 0 Å². The quantitative estimate of drug-likeness (QED) is 0.796. The minimum atomic E-state index is -1.45. The molecule has 0 heterocycles. The highest BCUT2D eigenvalue weighted by Gasteiger charge is 2.30. The second-order valence-corrected chi connectivity index (χ2v) is 8.86. The first-order valence-corrected chi connectivity index (χ1v) is 9.44. The summed E-state index contributed by atoms with van der Waals surface area (Å²) in [7, 11) is -1.45. The summed E-state index contributed by atoms with van der Waals surface area (Å²) in [5, 5.41) is 5.67. The maximum absolute atomic E-state index is 14.5. The van der Waals surface area contributed by atoms with Gasteiger partial charge in [0, 0.05) is 5.92 Å². The molecule has 2 nitrogen and oxygen atoms in total. The van der Waals surface area contributed by atoms with Gasteiger partial charge in [-0.3, -0.25) is 5.14 Å². The van der Waals surface area contributed by atoms with Gasteiger partial charge in [0.1, 0.15) is 5.82 Å². The van der Waals surface area contributed by atoms with Crippen LogP contribution in [0.5, 0.6) is 0 Å². The van der Waals surface area contributed by atoms with Gasteiger partial charge >= 0.3 is 0 Å². The summed E-state index contributed by atoms with van der Waals surface area (Å²) in [6.07, 6.45) is 0.584. The molecule has 0 radical (unpaired) electrons. The molecule has 2 aromatic carbocycles. The van der Waals surface area contributed by atoms with Gasteiger partial charge in [-0.25, -0.2) is 8.60 Å². The Bertz CT molecular complexity index is 713. The lowest BCUT2D eigenvalue weighted by atomic mass is 9.83. The van der Waals surface area contributed by atoms with E-state index >= 15 is 0 Å². The predicted octanol–water partition coefficient (Wildman–Crippen LogP) is 4.87. The third kappa shape index (κ3) is 4.31. The van der Waals surface area contributed by atoms with Crippen LogP contribution in [0.4, 0.5) is 4.39 Å². The van der Waals surface area contributed by atoms with Crippen LogP contribution in [0.2, 0.25) is 0 Å². The molecule has 4 heteroatoms. The fraction of sp³-hybridized carbons (Fsp3) is 0.400. The smallest absolute Gasteiger partial charge is 0.126 e. The Morgan fingerprint density at radius 2 is 1.71 bits per heavy atom. The first kappa shape index (κ1) is 18.8. The number of hydrogen-bond acceptors (Lipinski definition) is 1. The number of benzene rings is 2. The zero-order chi connectivity index (χ0) is 17.9. The second kappa shape index (κ2) is 7.58. The molecule has 0 bridgehead atoms. The van der Waals surface area contributed by atoms with Gasteiger partial charge < -0.3 is 0 Å². The molecule has 2 aromatic rings. The van der Waals surface area contributed by atoms with E-state index in [1.807, 2.05) is 70.2 Å². The summed E-state index contributed by atoms with van der Waals surface area (Å²) in [4.78, 5) is 0. The Hall–Kier alpha value is -1.52. The maximum atomic E-state index is 14.5. The van der Waals surface area contributed by atoms with Crippen molar-refractivity contribution in [1.29, 1.82) is 0 Å². The van der Waals surface area contributed by atoms with Gasteiger partial charge in [-0.2, -0.15) is 0 Å². The van der Waals surface area contributed by atoms with Crippen molar-refractivity contribution in [2.45, 2.75) is 50.7 Å². The van der Waals surface area contributed by atoms with Gasteiger partial charge in [-0.15, -0.1) is 0 Å². The zero-order valence-electron chi connectivity index (χ0n) is 14.8. The largest absolute Gasteiger partial charge is 0.251 e. The lowest BCUT2D eigenvalue weighted by Crippen LogP contribution is -2.34. The molecule has 0 fully saturated rings. The van der Waals surface area contributed by atoms with Gasteiger partial charge in [-0.1, -0.05) is 56.3 Å². The number of nitrogens with two attached hydrogens (primary N) is 1. The summed E-state index contributed by atoms with van der Waals surface area (Å²) in [5.74, 6) is -0.0956. The van der Waals surface area contributed by atoms with Crippen molar-refractivity contribution in [3.63, 3.8) is 0 Å². The highest BCUT2D eigenvalue weighted by molar-refractivity contribution is 7.84. The molecule has 0 aliphatic heterocycles. The van der Waals surface area contributed by atoms with Gasteiger partial charge in [0.15, 0.2) is 0 Å². The first-order chi connectivity index (χ1) is 11.2. The van der Waals surface area contributed by atoms with Crippen LogP contribution in [0.25, 0.3) is 0 Å². The van der Waals surface area contributed by atoms with Crippen molar-refractivity contribution < 1.29 is 8.60 Å². The van der Waals surface area contributed by atoms with E-state index in [0.29, 0.717) is 12.0 Å². The van der Waals surface area contributed by atoms with E-state index in [1.54, 1.807) is 6.07 Å². The molecule has 24 heavy (non-hydrogen) atoms. The van der Waals surface area contributed by atoms with Crippen LogP contribution in [-0.2, 0) is 11.0 Å². The molecule has 0 aliphatic carbocycles. The topological polar surface area (TPSA) is 43.1 Å². The molecule has 0 spiro atoms. The molecule has 0 saturated heterocycles. The molecular formula is C20H26FNOS. The minimum Gasteiger partial charge on any atom is -0.251 e. The molecule has 1 unspecified atom stereocenters. The van der Waals surface area contributed by atoms with Crippen molar-refractivity contribution in [3.05, 3.63) is 71.0 Å². The third-order valence-corrected chi connectivity index (χ3v) is 5.75. The Balaban J connectivity index is 2.47. The molecule has 130 valence electrons. The number of hydrogen-bond donors (Lipinski definition) is 1. The monoisotopic (exact) mass is 347 g/mol. The number of halogens is 1. The number of rotatable bonds is 6. The first-order valence-electron chi connectivity index (χ1n) is 8.23. The van der Waals surface area contributed by atoms with Crippen LogP contribution in [0, 0.1) is 5.82 Å². The normalized spacial score (nSPS) is 14.6. The Morgan fingerprint density at radius 1 is 1.08 bits per heavy atom. The minimum absolute atomic E-state index is 0.0515. The van der Waals surface area contributed by atoms with Crippen molar-refractivity contribution in [2.75, 3.05) is 0 Å². The average Bonchev–Trinajstić information content (AvgIpc) is 2.53. The zero-order valence-corrected chi connectivity index (χ0v) is 15.6. The standard InChI is InChI=1S/C20H26FNOS/c1-14(2)17-11-10-16(12-19(17)21)18(13-20(3,4)24(22)23)15-8-6-5-7-9-15/h5-12,14,18H,13,22H2,1-4H3/t18-,24?/m0/s1. The molecule has 0 aromatic heterocycles. The molecular weight excluding hydrogens is 321 g/mol. The SMILES string of the molecule is CC(C)c1ccc([C@@H](CC(C)(C)S(N)=O)c2ccccc2)cc1F. The van der Waals surface area contributed by atoms with E-state index in [0.717, 1.165) is 11.1 Å². The van der Waals surface area contributed by atoms with Gasteiger partial charge in [0.25, 0.3) is 0 Å². The Morgan fingerprint density at radius 3 is 2.21 bits per heavy atom. The molecule has 2 rings (SSSR count). The van der Waals surface area contributed by atoms with Crippen LogP contribution >= 0.6 is 0 Å². The second-order valence-electron chi connectivity index (χ2n) is 7.16. The van der Waals surface area contributed by atoms with Crippen LogP contribution < -0.4 is 5.14 Å². The van der Waals surface area contributed by atoms with Gasteiger partial charge in [0.2, 0.25) is 0 Å². The van der Waals surface area contributed by atoms with Crippen LogP contribution in [0.3, 0.4) is 0 Å². The summed E-state index contributed by atoms with van der Waals surface area (Å²) < 4.78 is 25.8. The Kier molecular flexibility index (Phi) is 5.94. The third-order valence-electron chi connectivity index (χ3n) is 4.49. The van der Waals surface area contributed by atoms with Crippen LogP contribution in [-0.4, -0.2) is 8.96 Å². The van der Waals surface area contributed by atoms with E-state index in [1.165, 1.54) is 0 Å². The predicted molar refractivity (Wildman–Crippen MR) is 99.8 cm³/mol.